The van der Waals surface area contributed by atoms with Crippen LogP contribution >= 0.6 is 0 Å². The first-order valence-electron chi connectivity index (χ1n) is 9.35. The van der Waals surface area contributed by atoms with Crippen LogP contribution in [-0.2, 0) is 11.3 Å². The van der Waals surface area contributed by atoms with Gasteiger partial charge < -0.3 is 15.2 Å². The Morgan fingerprint density at radius 2 is 2.12 bits per heavy atom. The van der Waals surface area contributed by atoms with Crippen LogP contribution in [0.5, 0.6) is 0 Å². The molecule has 0 radical (unpaired) electrons. The minimum absolute atomic E-state index is 0.0656. The second kappa shape index (κ2) is 7.15. The summed E-state index contributed by atoms with van der Waals surface area (Å²) in [7, 11) is 1.81. The molecule has 138 valence electrons. The monoisotopic (exact) mass is 355 g/mol. The van der Waals surface area contributed by atoms with Crippen molar-refractivity contribution in [3.8, 4) is 11.4 Å². The molecule has 1 amide bonds. The third-order valence-corrected chi connectivity index (χ3v) is 5.90. The van der Waals surface area contributed by atoms with Gasteiger partial charge in [-0.1, -0.05) is 11.6 Å². The van der Waals surface area contributed by atoms with E-state index in [2.05, 4.69) is 15.1 Å². The lowest BCUT2D eigenvalue weighted by molar-refractivity contribution is -0.138. The van der Waals surface area contributed by atoms with E-state index in [9.17, 15) is 4.79 Å². The van der Waals surface area contributed by atoms with Crippen molar-refractivity contribution in [1.82, 2.24) is 20.0 Å². The predicted molar refractivity (Wildman–Crippen MR) is 95.5 cm³/mol. The number of hydrogen-bond donors (Lipinski definition) is 1. The van der Waals surface area contributed by atoms with Crippen LogP contribution in [0.4, 0.5) is 0 Å². The Kier molecular flexibility index (Phi) is 4.72. The number of hydrogen-bond acceptors (Lipinski definition) is 6. The Morgan fingerprint density at radius 3 is 2.81 bits per heavy atom. The summed E-state index contributed by atoms with van der Waals surface area (Å²) in [5.74, 6) is 2.14. The average Bonchev–Trinajstić information content (AvgIpc) is 3.10. The standard InChI is InChI=1S/C19H25N5O2/c1-24(11-16-22-18(23-26-16)14-6-3-7-21-10-14)19(25)15-8-12-4-2-5-13(9-15)17(12)20/h3,6-7,10,12-13,15,17H,2,4-5,8-9,11,20H2,1H3. The van der Waals surface area contributed by atoms with Crippen molar-refractivity contribution in [2.24, 2.45) is 23.5 Å². The Balaban J connectivity index is 1.40. The molecule has 2 aliphatic rings. The summed E-state index contributed by atoms with van der Waals surface area (Å²) < 4.78 is 5.32. The van der Waals surface area contributed by atoms with Gasteiger partial charge in [0, 0.05) is 37.0 Å². The Labute approximate surface area is 153 Å². The number of rotatable bonds is 4. The quantitative estimate of drug-likeness (QED) is 0.903. The molecule has 2 atom stereocenters. The first-order chi connectivity index (χ1) is 12.6. The number of amides is 1. The smallest absolute Gasteiger partial charge is 0.246 e. The number of aromatic nitrogens is 3. The Morgan fingerprint density at radius 1 is 1.35 bits per heavy atom. The number of nitrogens with zero attached hydrogens (tertiary/aromatic N) is 4. The van der Waals surface area contributed by atoms with E-state index in [1.165, 1.54) is 6.42 Å². The average molecular weight is 355 g/mol. The minimum Gasteiger partial charge on any atom is -0.337 e. The van der Waals surface area contributed by atoms with Gasteiger partial charge in [-0.2, -0.15) is 4.98 Å². The fourth-order valence-corrected chi connectivity index (χ4v) is 4.51. The van der Waals surface area contributed by atoms with E-state index >= 15 is 0 Å². The summed E-state index contributed by atoms with van der Waals surface area (Å²) in [5.41, 5.74) is 7.14. The van der Waals surface area contributed by atoms with Gasteiger partial charge in [0.15, 0.2) is 0 Å². The van der Waals surface area contributed by atoms with Crippen molar-refractivity contribution < 1.29 is 9.32 Å². The summed E-state index contributed by atoms with van der Waals surface area (Å²) in [6.07, 6.45) is 8.76. The van der Waals surface area contributed by atoms with Gasteiger partial charge in [0.05, 0.1) is 6.54 Å². The van der Waals surface area contributed by atoms with E-state index < -0.39 is 0 Å². The molecule has 2 aromatic heterocycles. The largest absolute Gasteiger partial charge is 0.337 e. The van der Waals surface area contributed by atoms with Crippen molar-refractivity contribution in [1.29, 1.82) is 0 Å². The summed E-state index contributed by atoms with van der Waals surface area (Å²) in [6.45, 7) is 0.323. The zero-order valence-electron chi connectivity index (χ0n) is 15.0. The third-order valence-electron chi connectivity index (χ3n) is 5.90. The van der Waals surface area contributed by atoms with Gasteiger partial charge in [0.2, 0.25) is 17.6 Å². The van der Waals surface area contributed by atoms with Crippen LogP contribution in [0.3, 0.4) is 0 Å². The maximum Gasteiger partial charge on any atom is 0.246 e. The minimum atomic E-state index is 0.0656. The number of carbonyl (C=O) groups excluding carboxylic acids is 1. The van der Waals surface area contributed by atoms with Crippen LogP contribution in [-0.4, -0.2) is 39.0 Å². The van der Waals surface area contributed by atoms with Gasteiger partial charge in [-0.15, -0.1) is 0 Å². The van der Waals surface area contributed by atoms with Gasteiger partial charge in [-0.3, -0.25) is 9.78 Å². The van der Waals surface area contributed by atoms with Crippen LogP contribution in [0.15, 0.2) is 29.0 Å². The van der Waals surface area contributed by atoms with E-state index in [4.69, 9.17) is 10.3 Å². The van der Waals surface area contributed by atoms with E-state index in [0.29, 0.717) is 30.1 Å². The molecular formula is C19H25N5O2. The molecule has 0 saturated heterocycles. The molecule has 7 heteroatoms. The fourth-order valence-electron chi connectivity index (χ4n) is 4.51. The molecule has 2 saturated carbocycles. The van der Waals surface area contributed by atoms with E-state index in [0.717, 1.165) is 31.2 Å². The molecule has 7 nitrogen and oxygen atoms in total. The lowest BCUT2D eigenvalue weighted by Crippen LogP contribution is -2.49. The summed E-state index contributed by atoms with van der Waals surface area (Å²) in [6, 6.07) is 3.97. The highest BCUT2D eigenvalue weighted by Gasteiger charge is 2.41. The van der Waals surface area contributed by atoms with Crippen LogP contribution in [0.2, 0.25) is 0 Å². The van der Waals surface area contributed by atoms with Crippen LogP contribution in [0.1, 0.15) is 38.0 Å². The summed E-state index contributed by atoms with van der Waals surface area (Å²) in [4.78, 5) is 23.1. The SMILES string of the molecule is CN(Cc1nc(-c2cccnc2)no1)C(=O)C1CC2CCCC(C1)C2N. The van der Waals surface area contributed by atoms with E-state index in [1.807, 2.05) is 12.1 Å². The zero-order valence-corrected chi connectivity index (χ0v) is 15.0. The molecule has 2 N–H and O–H groups in total. The van der Waals surface area contributed by atoms with Crippen molar-refractivity contribution in [3.63, 3.8) is 0 Å². The third kappa shape index (κ3) is 3.35. The van der Waals surface area contributed by atoms with E-state index in [-0.39, 0.29) is 17.9 Å². The summed E-state index contributed by atoms with van der Waals surface area (Å²) in [5, 5.41) is 3.99. The lowest BCUT2D eigenvalue weighted by atomic mass is 9.65. The molecule has 2 unspecified atom stereocenters. The first kappa shape index (κ1) is 17.1. The Bertz CT molecular complexity index is 748. The second-order valence-electron chi connectivity index (χ2n) is 7.64. The van der Waals surface area contributed by atoms with Gasteiger partial charge in [-0.25, -0.2) is 0 Å². The maximum absolute atomic E-state index is 12.9. The van der Waals surface area contributed by atoms with E-state index in [1.54, 1.807) is 24.3 Å². The molecule has 0 aromatic carbocycles. The van der Waals surface area contributed by atoms with Gasteiger partial charge in [0.1, 0.15) is 0 Å². The highest BCUT2D eigenvalue weighted by molar-refractivity contribution is 5.78. The molecular weight excluding hydrogens is 330 g/mol. The normalized spacial score (nSPS) is 27.9. The molecule has 2 heterocycles. The van der Waals surface area contributed by atoms with Crippen LogP contribution in [0.25, 0.3) is 11.4 Å². The highest BCUT2D eigenvalue weighted by atomic mass is 16.5. The fraction of sp³-hybridized carbons (Fsp3) is 0.579. The highest BCUT2D eigenvalue weighted by Crippen LogP contribution is 2.42. The number of carbonyl (C=O) groups is 1. The van der Waals surface area contributed by atoms with Crippen LogP contribution < -0.4 is 5.73 Å². The number of pyridine rings is 1. The lowest BCUT2D eigenvalue weighted by Gasteiger charge is -2.44. The molecule has 26 heavy (non-hydrogen) atoms. The van der Waals surface area contributed by atoms with Gasteiger partial charge in [-0.05, 0) is 49.7 Å². The van der Waals surface area contributed by atoms with Gasteiger partial charge in [0.25, 0.3) is 0 Å². The van der Waals surface area contributed by atoms with Crippen LogP contribution in [0, 0.1) is 17.8 Å². The predicted octanol–water partition coefficient (Wildman–Crippen LogP) is 2.24. The Hall–Kier alpha value is -2.28. The van der Waals surface area contributed by atoms with Crippen molar-refractivity contribution in [2.75, 3.05) is 7.05 Å². The maximum atomic E-state index is 12.9. The molecule has 2 bridgehead atoms. The molecule has 0 spiro atoms. The van der Waals surface area contributed by atoms with Crippen molar-refractivity contribution in [2.45, 2.75) is 44.7 Å². The second-order valence-corrected chi connectivity index (χ2v) is 7.64. The molecule has 2 aliphatic carbocycles. The first-order valence-corrected chi connectivity index (χ1v) is 9.35. The molecule has 0 aliphatic heterocycles. The molecule has 2 aromatic rings. The zero-order chi connectivity index (χ0) is 18.1. The van der Waals surface area contributed by atoms with Crippen molar-refractivity contribution in [3.05, 3.63) is 30.4 Å². The topological polar surface area (TPSA) is 98.1 Å². The van der Waals surface area contributed by atoms with Gasteiger partial charge >= 0.3 is 0 Å². The molecule has 2 fully saturated rings. The van der Waals surface area contributed by atoms with Crippen molar-refractivity contribution >= 4 is 5.91 Å². The molecule has 4 rings (SSSR count). The number of nitrogens with two attached hydrogens (primary N) is 1. The number of fused-ring (bicyclic) bond motifs is 2. The summed E-state index contributed by atoms with van der Waals surface area (Å²) >= 11 is 0.